The van der Waals surface area contributed by atoms with Crippen molar-refractivity contribution in [3.05, 3.63) is 65.5 Å². The Balaban J connectivity index is 1.49. The standard InChI is InChI=1S/C32H38F3N5O6/c1-31(2,3)46-30(43)38-25-15-26(39(4)5)23(32(33,34)35)14-24(25)37-28(42)16-27(41)21-9-8-10-22(13-21)40-18-20(17-36-40)19-45-29-11-6-7-12-44-29/h8-10,13-15,17-18,29H,6-7,11-12,16,19H2,1-5H3,(H,37,42)(H,38,43). The Morgan fingerprint density at radius 2 is 1.80 bits per heavy atom. The van der Waals surface area contributed by atoms with Crippen LogP contribution in [0.3, 0.4) is 0 Å². The number of nitrogens with zero attached hydrogens (tertiary/aromatic N) is 3. The van der Waals surface area contributed by atoms with E-state index in [9.17, 15) is 27.6 Å². The number of carbonyl (C=O) groups excluding carboxylic acids is 3. The smallest absolute Gasteiger partial charge is 0.418 e. The lowest BCUT2D eigenvalue weighted by atomic mass is 10.1. The van der Waals surface area contributed by atoms with Gasteiger partial charge < -0.3 is 24.4 Å². The third kappa shape index (κ3) is 9.54. The van der Waals surface area contributed by atoms with E-state index in [2.05, 4.69) is 15.7 Å². The molecule has 1 saturated heterocycles. The molecule has 4 rings (SSSR count). The third-order valence-corrected chi connectivity index (χ3v) is 6.80. The fraction of sp³-hybridized carbons (Fsp3) is 0.438. The van der Waals surface area contributed by atoms with Crippen LogP contribution in [0.2, 0.25) is 0 Å². The molecule has 2 amide bonds. The predicted molar refractivity (Wildman–Crippen MR) is 165 cm³/mol. The van der Waals surface area contributed by atoms with Gasteiger partial charge in [-0.3, -0.25) is 14.9 Å². The molecule has 1 aliphatic heterocycles. The molecule has 0 aliphatic carbocycles. The van der Waals surface area contributed by atoms with Crippen molar-refractivity contribution in [3.8, 4) is 5.69 Å². The van der Waals surface area contributed by atoms with Crippen molar-refractivity contribution in [3.63, 3.8) is 0 Å². The maximum absolute atomic E-state index is 14.0. The summed E-state index contributed by atoms with van der Waals surface area (Å²) >= 11 is 0. The number of ketones is 1. The van der Waals surface area contributed by atoms with Gasteiger partial charge >= 0.3 is 12.3 Å². The number of ether oxygens (including phenoxy) is 3. The first kappa shape index (κ1) is 34.4. The second-order valence-electron chi connectivity index (χ2n) is 12.0. The second kappa shape index (κ2) is 14.3. The summed E-state index contributed by atoms with van der Waals surface area (Å²) < 4.78 is 60.1. The van der Waals surface area contributed by atoms with E-state index in [0.29, 0.717) is 25.0 Å². The highest BCUT2D eigenvalue weighted by Gasteiger charge is 2.36. The van der Waals surface area contributed by atoms with Gasteiger partial charge in [0.15, 0.2) is 12.1 Å². The van der Waals surface area contributed by atoms with Gasteiger partial charge in [-0.05, 0) is 64.3 Å². The Kier molecular flexibility index (Phi) is 10.7. The van der Waals surface area contributed by atoms with Crippen molar-refractivity contribution >= 4 is 34.8 Å². The summed E-state index contributed by atoms with van der Waals surface area (Å²) in [5, 5.41) is 9.10. The predicted octanol–water partition coefficient (Wildman–Crippen LogP) is 6.56. The topological polar surface area (TPSA) is 124 Å². The number of Topliss-reactive ketones (excluding diaryl/α,β-unsaturated/α-hetero) is 1. The lowest BCUT2D eigenvalue weighted by molar-refractivity contribution is -0.168. The first-order valence-corrected chi connectivity index (χ1v) is 14.7. The van der Waals surface area contributed by atoms with Gasteiger partial charge in [0, 0.05) is 38.0 Å². The van der Waals surface area contributed by atoms with Crippen molar-refractivity contribution in [2.75, 3.05) is 36.2 Å². The number of aromatic nitrogens is 2. The van der Waals surface area contributed by atoms with Gasteiger partial charge in [-0.25, -0.2) is 9.48 Å². The van der Waals surface area contributed by atoms with E-state index in [4.69, 9.17) is 14.2 Å². The van der Waals surface area contributed by atoms with E-state index in [1.54, 1.807) is 56.0 Å². The molecule has 1 atom stereocenters. The summed E-state index contributed by atoms with van der Waals surface area (Å²) in [7, 11) is 2.83. The molecule has 0 bridgehead atoms. The maximum Gasteiger partial charge on any atom is 0.418 e. The fourth-order valence-corrected chi connectivity index (χ4v) is 4.68. The van der Waals surface area contributed by atoms with Crippen molar-refractivity contribution in [2.24, 2.45) is 0 Å². The molecule has 0 spiro atoms. The first-order chi connectivity index (χ1) is 21.6. The van der Waals surface area contributed by atoms with E-state index in [1.165, 1.54) is 25.1 Å². The van der Waals surface area contributed by atoms with Gasteiger partial charge in [-0.2, -0.15) is 18.3 Å². The van der Waals surface area contributed by atoms with E-state index in [0.717, 1.165) is 30.9 Å². The quantitative estimate of drug-likeness (QED) is 0.188. The number of benzene rings is 2. The Labute approximate surface area is 265 Å². The van der Waals surface area contributed by atoms with Crippen LogP contribution in [0.5, 0.6) is 0 Å². The molecular weight excluding hydrogens is 607 g/mol. The lowest BCUT2D eigenvalue weighted by Crippen LogP contribution is -2.28. The van der Waals surface area contributed by atoms with Crippen LogP contribution >= 0.6 is 0 Å². The van der Waals surface area contributed by atoms with Crippen LogP contribution in [0.4, 0.5) is 35.0 Å². The largest absolute Gasteiger partial charge is 0.444 e. The molecule has 11 nitrogen and oxygen atoms in total. The molecule has 1 aliphatic rings. The highest BCUT2D eigenvalue weighted by atomic mass is 19.4. The summed E-state index contributed by atoms with van der Waals surface area (Å²) in [6, 6.07) is 8.24. The molecule has 0 radical (unpaired) electrons. The minimum atomic E-state index is -4.78. The summed E-state index contributed by atoms with van der Waals surface area (Å²) in [5.41, 5.74) is -1.11. The Hall–Kier alpha value is -4.43. The van der Waals surface area contributed by atoms with Crippen LogP contribution in [0.1, 0.15) is 67.9 Å². The zero-order chi connectivity index (χ0) is 33.6. The molecule has 46 heavy (non-hydrogen) atoms. The molecule has 14 heteroatoms. The number of amides is 2. The average molecular weight is 646 g/mol. The van der Waals surface area contributed by atoms with Gasteiger partial charge in [0.25, 0.3) is 0 Å². The molecule has 0 saturated carbocycles. The van der Waals surface area contributed by atoms with Gasteiger partial charge in [-0.1, -0.05) is 12.1 Å². The summed E-state index contributed by atoms with van der Waals surface area (Å²) in [5.74, 6) is -1.45. The highest BCUT2D eigenvalue weighted by Crippen LogP contribution is 2.41. The molecule has 3 aromatic rings. The van der Waals surface area contributed by atoms with Crippen LogP contribution in [0.15, 0.2) is 48.8 Å². The summed E-state index contributed by atoms with van der Waals surface area (Å²) in [6.07, 6.45) is -0.339. The Morgan fingerprint density at radius 3 is 2.46 bits per heavy atom. The zero-order valence-electron chi connectivity index (χ0n) is 26.4. The Morgan fingerprint density at radius 1 is 1.07 bits per heavy atom. The first-order valence-electron chi connectivity index (χ1n) is 14.7. The van der Waals surface area contributed by atoms with Crippen molar-refractivity contribution in [1.29, 1.82) is 0 Å². The molecule has 248 valence electrons. The summed E-state index contributed by atoms with van der Waals surface area (Å²) in [4.78, 5) is 39.8. The lowest BCUT2D eigenvalue weighted by Gasteiger charge is -2.24. The minimum absolute atomic E-state index is 0.137. The number of nitrogens with one attached hydrogen (secondary N) is 2. The molecule has 2 aromatic carbocycles. The van der Waals surface area contributed by atoms with Crippen LogP contribution in [0.25, 0.3) is 5.69 Å². The number of anilines is 3. The number of alkyl halides is 3. The van der Waals surface area contributed by atoms with E-state index in [-0.39, 0.29) is 28.9 Å². The number of rotatable bonds is 10. The average Bonchev–Trinajstić information content (AvgIpc) is 3.45. The number of carbonyl (C=O) groups is 3. The molecule has 2 heterocycles. The molecular formula is C32H38F3N5O6. The van der Waals surface area contributed by atoms with Crippen molar-refractivity contribution in [2.45, 2.75) is 71.1 Å². The molecule has 2 N–H and O–H groups in total. The highest BCUT2D eigenvalue weighted by molar-refractivity contribution is 6.12. The number of halogens is 3. The number of hydrogen-bond donors (Lipinski definition) is 2. The SMILES string of the molecule is CN(C)c1cc(NC(=O)OC(C)(C)C)c(NC(=O)CC(=O)c2cccc(-n3cc(COC4CCCCO4)cn3)c2)cc1C(F)(F)F. The van der Waals surface area contributed by atoms with Crippen molar-refractivity contribution in [1.82, 2.24) is 9.78 Å². The van der Waals surface area contributed by atoms with Crippen LogP contribution in [0, 0.1) is 0 Å². The van der Waals surface area contributed by atoms with Gasteiger partial charge in [0.2, 0.25) is 5.91 Å². The van der Waals surface area contributed by atoms with E-state index < -0.39 is 41.5 Å². The summed E-state index contributed by atoms with van der Waals surface area (Å²) in [6.45, 7) is 5.85. The number of hydrogen-bond acceptors (Lipinski definition) is 8. The van der Waals surface area contributed by atoms with Crippen molar-refractivity contribution < 1.29 is 41.8 Å². The minimum Gasteiger partial charge on any atom is -0.444 e. The zero-order valence-corrected chi connectivity index (χ0v) is 26.4. The fourth-order valence-electron chi connectivity index (χ4n) is 4.68. The Bertz CT molecular complexity index is 1560. The van der Waals surface area contributed by atoms with Gasteiger partial charge in [0.1, 0.15) is 5.60 Å². The maximum atomic E-state index is 14.0. The van der Waals surface area contributed by atoms with Gasteiger partial charge in [-0.15, -0.1) is 0 Å². The third-order valence-electron chi connectivity index (χ3n) is 6.80. The molecule has 1 aromatic heterocycles. The van der Waals surface area contributed by atoms with E-state index in [1.807, 2.05) is 0 Å². The van der Waals surface area contributed by atoms with Gasteiger partial charge in [0.05, 0.1) is 47.5 Å². The molecule has 1 fully saturated rings. The van der Waals surface area contributed by atoms with Crippen LogP contribution in [-0.2, 0) is 31.8 Å². The molecule has 1 unspecified atom stereocenters. The van der Waals surface area contributed by atoms with E-state index >= 15 is 0 Å². The van der Waals surface area contributed by atoms with Crippen LogP contribution in [-0.4, -0.2) is 60.2 Å². The van der Waals surface area contributed by atoms with Crippen LogP contribution < -0.4 is 15.5 Å². The normalized spacial score (nSPS) is 15.3. The monoisotopic (exact) mass is 645 g/mol. The second-order valence-corrected chi connectivity index (χ2v) is 12.0.